The molecule has 0 saturated carbocycles. The van der Waals surface area contributed by atoms with E-state index in [1.165, 1.54) is 0 Å². The first kappa shape index (κ1) is 5.75. The minimum atomic E-state index is 0.656. The molecule has 1 aliphatic rings. The molecule has 1 aliphatic heterocycles. The summed E-state index contributed by atoms with van der Waals surface area (Å²) in [5.74, 6) is 0. The molecular weight excluding hydrogens is 128 g/mol. The molecule has 0 amide bonds. The van der Waals surface area contributed by atoms with Crippen LogP contribution in [0.1, 0.15) is 0 Å². The van der Waals surface area contributed by atoms with Crippen LogP contribution in [0.5, 0.6) is 0 Å². The second-order valence-corrected chi connectivity index (χ2v) is 3.00. The molecule has 7 heavy (non-hydrogen) atoms. The van der Waals surface area contributed by atoms with E-state index in [0.717, 1.165) is 13.1 Å². The van der Waals surface area contributed by atoms with E-state index in [-0.39, 0.29) is 0 Å². The van der Waals surface area contributed by atoms with Gasteiger partial charge in [0.05, 0.1) is 0 Å². The lowest BCUT2D eigenvalue weighted by atomic mass is 10.5. The summed E-state index contributed by atoms with van der Waals surface area (Å²) < 4.78 is 0. The fourth-order valence-electron chi connectivity index (χ4n) is 0.519. The van der Waals surface area contributed by atoms with E-state index in [9.17, 15) is 0 Å². The maximum Gasteiger partial charge on any atom is 0.0426 e. The van der Waals surface area contributed by atoms with Crippen molar-refractivity contribution in [2.24, 2.45) is 0 Å². The molecule has 0 bridgehead atoms. The number of hydrogen-bond acceptors (Lipinski definition) is 4. The zero-order chi connectivity index (χ0) is 5.11. The summed E-state index contributed by atoms with van der Waals surface area (Å²) in [6.45, 7) is 2.07. The van der Waals surface area contributed by atoms with Gasteiger partial charge in [0.1, 0.15) is 0 Å². The van der Waals surface area contributed by atoms with E-state index < -0.39 is 0 Å². The lowest BCUT2D eigenvalue weighted by Crippen LogP contribution is -2.21. The second-order valence-electron chi connectivity index (χ2n) is 1.49. The second kappa shape index (κ2) is 2.81. The van der Waals surface area contributed by atoms with Crippen LogP contribution in [0, 0.1) is 0 Å². The average Bonchev–Trinajstić information content (AvgIpc) is 2.14. The van der Waals surface area contributed by atoms with Crippen LogP contribution < -0.4 is 10.9 Å². The van der Waals surface area contributed by atoms with Gasteiger partial charge in [-0.15, -0.1) is 11.7 Å². The SMILES string of the molecule is SSC1CNNC1. The molecule has 0 aromatic rings. The Morgan fingerprint density at radius 3 is 2.29 bits per heavy atom. The van der Waals surface area contributed by atoms with Crippen LogP contribution in [-0.2, 0) is 0 Å². The van der Waals surface area contributed by atoms with Gasteiger partial charge in [0.25, 0.3) is 0 Å². The summed E-state index contributed by atoms with van der Waals surface area (Å²) in [6.07, 6.45) is 0. The normalized spacial score (nSPS) is 23.6. The van der Waals surface area contributed by atoms with Crippen LogP contribution in [0.2, 0.25) is 0 Å². The average molecular weight is 136 g/mol. The van der Waals surface area contributed by atoms with Crippen molar-refractivity contribution < 1.29 is 0 Å². The van der Waals surface area contributed by atoms with Crippen molar-refractivity contribution in [1.29, 1.82) is 0 Å². The smallest absolute Gasteiger partial charge is 0.0426 e. The number of nitrogens with one attached hydrogen (secondary N) is 2. The minimum absolute atomic E-state index is 0.656. The Morgan fingerprint density at radius 2 is 2.00 bits per heavy atom. The van der Waals surface area contributed by atoms with Crippen LogP contribution in [0.4, 0.5) is 0 Å². The summed E-state index contributed by atoms with van der Waals surface area (Å²) in [5.41, 5.74) is 6.01. The van der Waals surface area contributed by atoms with E-state index in [1.54, 1.807) is 10.8 Å². The molecular formula is C3H8N2S2. The van der Waals surface area contributed by atoms with Crippen LogP contribution in [-0.4, -0.2) is 18.3 Å². The van der Waals surface area contributed by atoms with Gasteiger partial charge >= 0.3 is 0 Å². The van der Waals surface area contributed by atoms with Crippen molar-refractivity contribution in [3.63, 3.8) is 0 Å². The van der Waals surface area contributed by atoms with E-state index in [0.29, 0.717) is 5.25 Å². The summed E-state index contributed by atoms with van der Waals surface area (Å²) in [6, 6.07) is 0. The number of hydrogen-bond donors (Lipinski definition) is 3. The van der Waals surface area contributed by atoms with Crippen molar-refractivity contribution in [3.05, 3.63) is 0 Å². The fraction of sp³-hybridized carbons (Fsp3) is 1.00. The highest BCUT2D eigenvalue weighted by Crippen LogP contribution is 2.14. The Morgan fingerprint density at radius 1 is 1.43 bits per heavy atom. The zero-order valence-corrected chi connectivity index (χ0v) is 5.56. The molecule has 4 heteroatoms. The van der Waals surface area contributed by atoms with Crippen molar-refractivity contribution in [1.82, 2.24) is 10.9 Å². The van der Waals surface area contributed by atoms with Gasteiger partial charge in [-0.25, -0.2) is 0 Å². The van der Waals surface area contributed by atoms with Crippen LogP contribution >= 0.6 is 22.5 Å². The third-order valence-electron chi connectivity index (χ3n) is 0.934. The van der Waals surface area contributed by atoms with Crippen LogP contribution in [0.3, 0.4) is 0 Å². The molecule has 1 saturated heterocycles. The first-order valence-electron chi connectivity index (χ1n) is 2.19. The van der Waals surface area contributed by atoms with Gasteiger partial charge in [-0.05, 0) is 0 Å². The summed E-state index contributed by atoms with van der Waals surface area (Å²) in [5, 5.41) is 0.656. The van der Waals surface area contributed by atoms with Crippen LogP contribution in [0.15, 0.2) is 0 Å². The highest BCUT2D eigenvalue weighted by molar-refractivity contribution is 8.68. The summed E-state index contributed by atoms with van der Waals surface area (Å²) in [4.78, 5) is 0. The number of thiol groups is 1. The maximum absolute atomic E-state index is 4.05. The molecule has 42 valence electrons. The third-order valence-corrected chi connectivity index (χ3v) is 2.46. The molecule has 0 spiro atoms. The standard InChI is InChI=1S/C3H8N2S2/c6-7-3-1-4-5-2-3/h3-6H,1-2H2. The Balaban J connectivity index is 2.14. The van der Waals surface area contributed by atoms with Gasteiger partial charge in [0, 0.05) is 18.3 Å². The predicted octanol–water partition coefficient (Wildman–Crippen LogP) is 0.0408. The number of hydrazine groups is 1. The summed E-state index contributed by atoms with van der Waals surface area (Å²) in [7, 11) is 1.60. The van der Waals surface area contributed by atoms with Gasteiger partial charge in [0.15, 0.2) is 0 Å². The first-order chi connectivity index (χ1) is 3.43. The fourth-order valence-corrected chi connectivity index (χ4v) is 1.28. The van der Waals surface area contributed by atoms with E-state index in [1.807, 2.05) is 0 Å². The highest BCUT2D eigenvalue weighted by Gasteiger charge is 2.11. The molecule has 2 nitrogen and oxygen atoms in total. The molecule has 0 aromatic carbocycles. The maximum atomic E-state index is 4.05. The Hall–Kier alpha value is 0.620. The van der Waals surface area contributed by atoms with Gasteiger partial charge in [-0.3, -0.25) is 10.9 Å². The summed E-state index contributed by atoms with van der Waals surface area (Å²) >= 11 is 4.05. The van der Waals surface area contributed by atoms with Gasteiger partial charge < -0.3 is 0 Å². The Bertz CT molecular complexity index is 52.9. The lowest BCUT2D eigenvalue weighted by Gasteiger charge is -1.96. The first-order valence-corrected chi connectivity index (χ1v) is 4.12. The third kappa shape index (κ3) is 1.53. The van der Waals surface area contributed by atoms with Gasteiger partial charge in [0.2, 0.25) is 0 Å². The molecule has 0 radical (unpaired) electrons. The van der Waals surface area contributed by atoms with Crippen molar-refractivity contribution >= 4 is 22.5 Å². The van der Waals surface area contributed by atoms with Gasteiger partial charge in [-0.2, -0.15) is 0 Å². The minimum Gasteiger partial charge on any atom is -0.257 e. The number of rotatable bonds is 1. The lowest BCUT2D eigenvalue weighted by molar-refractivity contribution is 0.689. The largest absolute Gasteiger partial charge is 0.257 e. The predicted molar refractivity (Wildman–Crippen MR) is 36.4 cm³/mol. The monoisotopic (exact) mass is 136 g/mol. The molecule has 1 rings (SSSR count). The molecule has 0 aromatic heterocycles. The Labute approximate surface area is 52.2 Å². The Kier molecular flexibility index (Phi) is 2.31. The van der Waals surface area contributed by atoms with E-state index in [4.69, 9.17) is 0 Å². The molecule has 1 heterocycles. The molecule has 0 unspecified atom stereocenters. The molecule has 0 atom stereocenters. The zero-order valence-electron chi connectivity index (χ0n) is 3.85. The van der Waals surface area contributed by atoms with E-state index in [2.05, 4.69) is 22.5 Å². The van der Waals surface area contributed by atoms with Crippen LogP contribution in [0.25, 0.3) is 0 Å². The quantitative estimate of drug-likeness (QED) is 0.350. The highest BCUT2D eigenvalue weighted by atomic mass is 33.1. The van der Waals surface area contributed by atoms with Crippen molar-refractivity contribution in [2.75, 3.05) is 13.1 Å². The topological polar surface area (TPSA) is 24.1 Å². The van der Waals surface area contributed by atoms with E-state index >= 15 is 0 Å². The molecule has 1 fully saturated rings. The van der Waals surface area contributed by atoms with Crippen molar-refractivity contribution in [2.45, 2.75) is 5.25 Å². The van der Waals surface area contributed by atoms with Crippen molar-refractivity contribution in [3.8, 4) is 0 Å². The molecule has 0 aliphatic carbocycles. The molecule has 2 N–H and O–H groups in total. The van der Waals surface area contributed by atoms with Gasteiger partial charge in [-0.1, -0.05) is 10.8 Å².